The average molecular weight is 418 g/mol. The second kappa shape index (κ2) is 9.14. The van der Waals surface area contributed by atoms with E-state index in [-0.39, 0.29) is 0 Å². The van der Waals surface area contributed by atoms with Crippen molar-refractivity contribution in [2.45, 2.75) is 0 Å². The van der Waals surface area contributed by atoms with Crippen molar-refractivity contribution >= 4 is 57.5 Å². The van der Waals surface area contributed by atoms with Crippen LogP contribution in [0.15, 0.2) is 84.9 Å². The molecule has 0 saturated carbocycles. The Morgan fingerprint density at radius 1 is 0.344 bits per heavy atom. The Morgan fingerprint density at radius 2 is 0.625 bits per heavy atom. The van der Waals surface area contributed by atoms with E-state index in [0.29, 0.717) is 22.3 Å². The molecule has 0 saturated heterocycles. The normalized spacial score (nSPS) is 10.4. The summed E-state index contributed by atoms with van der Waals surface area (Å²) >= 11 is 0. The van der Waals surface area contributed by atoms with Gasteiger partial charge in [0, 0.05) is 22.3 Å². The highest BCUT2D eigenvalue weighted by Crippen LogP contribution is 2.30. The molecule has 0 aliphatic rings. The SMILES string of the molecule is O=Cc1c2ccccc2c(C=O)c2ccccc12.O=Cc1ccc(C=O)c2ccccc12. The van der Waals surface area contributed by atoms with Crippen molar-refractivity contribution in [1.82, 2.24) is 0 Å². The highest BCUT2D eigenvalue weighted by Gasteiger charge is 2.11. The van der Waals surface area contributed by atoms with Gasteiger partial charge in [-0.25, -0.2) is 0 Å². The second-order valence-electron chi connectivity index (χ2n) is 7.18. The number of benzene rings is 5. The van der Waals surface area contributed by atoms with Gasteiger partial charge in [-0.1, -0.05) is 84.9 Å². The van der Waals surface area contributed by atoms with Crippen molar-refractivity contribution in [2.75, 3.05) is 0 Å². The Hall–Kier alpha value is -4.44. The average Bonchev–Trinajstić information content (AvgIpc) is 2.86. The summed E-state index contributed by atoms with van der Waals surface area (Å²) in [6, 6.07) is 25.7. The van der Waals surface area contributed by atoms with Crippen LogP contribution in [0, 0.1) is 0 Å². The van der Waals surface area contributed by atoms with Crippen LogP contribution in [0.5, 0.6) is 0 Å². The summed E-state index contributed by atoms with van der Waals surface area (Å²) in [6.07, 6.45) is 3.33. The molecule has 0 unspecified atom stereocenters. The van der Waals surface area contributed by atoms with E-state index in [2.05, 4.69) is 0 Å². The molecule has 0 amide bonds. The van der Waals surface area contributed by atoms with Crippen molar-refractivity contribution < 1.29 is 19.2 Å². The molecule has 0 fully saturated rings. The van der Waals surface area contributed by atoms with Gasteiger partial charge in [-0.3, -0.25) is 19.2 Å². The minimum Gasteiger partial charge on any atom is -0.298 e. The van der Waals surface area contributed by atoms with Crippen molar-refractivity contribution in [3.05, 3.63) is 107 Å². The number of carbonyl (C=O) groups excluding carboxylic acids is 4. The zero-order chi connectivity index (χ0) is 22.5. The van der Waals surface area contributed by atoms with Crippen molar-refractivity contribution in [2.24, 2.45) is 0 Å². The molecular weight excluding hydrogens is 400 g/mol. The van der Waals surface area contributed by atoms with Crippen LogP contribution in [0.3, 0.4) is 0 Å². The van der Waals surface area contributed by atoms with Gasteiger partial charge in [0.25, 0.3) is 0 Å². The topological polar surface area (TPSA) is 68.3 Å². The maximum atomic E-state index is 11.3. The van der Waals surface area contributed by atoms with Gasteiger partial charge in [-0.2, -0.15) is 0 Å². The Bertz CT molecular complexity index is 1330. The molecule has 0 heterocycles. The maximum Gasteiger partial charge on any atom is 0.151 e. The van der Waals surface area contributed by atoms with E-state index in [1.54, 1.807) is 12.1 Å². The first kappa shape index (κ1) is 20.8. The molecule has 0 radical (unpaired) electrons. The van der Waals surface area contributed by atoms with Crippen LogP contribution < -0.4 is 0 Å². The predicted molar refractivity (Wildman–Crippen MR) is 127 cm³/mol. The lowest BCUT2D eigenvalue weighted by molar-refractivity contribution is 0.111. The Morgan fingerprint density at radius 3 is 0.875 bits per heavy atom. The van der Waals surface area contributed by atoms with Gasteiger partial charge in [0.2, 0.25) is 0 Å². The summed E-state index contributed by atoms with van der Waals surface area (Å²) in [5.74, 6) is 0. The zero-order valence-electron chi connectivity index (χ0n) is 17.0. The van der Waals surface area contributed by atoms with Crippen molar-refractivity contribution in [3.8, 4) is 0 Å². The van der Waals surface area contributed by atoms with Gasteiger partial charge in [0.15, 0.2) is 25.1 Å². The van der Waals surface area contributed by atoms with E-state index >= 15 is 0 Å². The van der Waals surface area contributed by atoms with Gasteiger partial charge < -0.3 is 0 Å². The van der Waals surface area contributed by atoms with E-state index in [9.17, 15) is 19.2 Å². The lowest BCUT2D eigenvalue weighted by Gasteiger charge is -2.09. The van der Waals surface area contributed by atoms with Gasteiger partial charge in [-0.05, 0) is 32.3 Å². The van der Waals surface area contributed by atoms with Crippen LogP contribution in [-0.4, -0.2) is 25.1 Å². The van der Waals surface area contributed by atoms with Crippen LogP contribution >= 0.6 is 0 Å². The number of hydrogen-bond donors (Lipinski definition) is 0. The molecule has 154 valence electrons. The molecular formula is C28H18O4. The number of carbonyl (C=O) groups is 4. The highest BCUT2D eigenvalue weighted by molar-refractivity contribution is 6.19. The van der Waals surface area contributed by atoms with Crippen LogP contribution in [0.2, 0.25) is 0 Å². The molecule has 0 N–H and O–H groups in total. The molecule has 0 spiro atoms. The fraction of sp³-hybridized carbons (Fsp3) is 0. The fourth-order valence-electron chi connectivity index (χ4n) is 4.00. The number of aldehydes is 4. The number of fused-ring (bicyclic) bond motifs is 3. The van der Waals surface area contributed by atoms with E-state index in [1.807, 2.05) is 72.8 Å². The first-order chi connectivity index (χ1) is 15.7. The monoisotopic (exact) mass is 418 g/mol. The molecule has 32 heavy (non-hydrogen) atoms. The predicted octanol–water partition coefficient (Wildman–Crippen LogP) is 6.08. The summed E-state index contributed by atoms with van der Waals surface area (Å²) in [4.78, 5) is 44.2. The molecule has 0 aromatic heterocycles. The molecule has 0 bridgehead atoms. The Kier molecular flexibility index (Phi) is 5.95. The molecule has 5 aromatic carbocycles. The molecule has 4 nitrogen and oxygen atoms in total. The molecule has 4 heteroatoms. The lowest BCUT2D eigenvalue weighted by Crippen LogP contribution is -1.93. The van der Waals surface area contributed by atoms with Gasteiger partial charge in [-0.15, -0.1) is 0 Å². The van der Waals surface area contributed by atoms with Crippen LogP contribution in [0.4, 0.5) is 0 Å². The summed E-state index contributed by atoms with van der Waals surface area (Å²) in [6.45, 7) is 0. The number of hydrogen-bond acceptors (Lipinski definition) is 4. The summed E-state index contributed by atoms with van der Waals surface area (Å²) in [7, 11) is 0. The van der Waals surface area contributed by atoms with Crippen LogP contribution in [0.1, 0.15) is 41.4 Å². The molecule has 0 atom stereocenters. The van der Waals surface area contributed by atoms with Crippen LogP contribution in [-0.2, 0) is 0 Å². The standard InChI is InChI=1S/C16H10O2.C12H8O2/c17-9-15-11-5-1-2-6-12(11)16(10-18)14-8-4-3-7-13(14)15;13-7-9-5-6-10(8-14)12-4-2-1-3-11(9)12/h1-10H;1-8H. The summed E-state index contributed by atoms with van der Waals surface area (Å²) < 4.78 is 0. The summed E-state index contributed by atoms with van der Waals surface area (Å²) in [5.41, 5.74) is 2.52. The first-order valence-corrected chi connectivity index (χ1v) is 9.99. The quantitative estimate of drug-likeness (QED) is 0.262. The molecule has 0 aliphatic heterocycles. The number of rotatable bonds is 4. The molecule has 5 rings (SSSR count). The van der Waals surface area contributed by atoms with Gasteiger partial charge in [0.1, 0.15) is 0 Å². The maximum absolute atomic E-state index is 11.3. The van der Waals surface area contributed by atoms with Crippen molar-refractivity contribution in [1.29, 1.82) is 0 Å². The Balaban J connectivity index is 0.000000158. The minimum atomic E-state index is 0.617. The Labute approximate surface area is 184 Å². The third-order valence-corrected chi connectivity index (χ3v) is 5.50. The lowest BCUT2D eigenvalue weighted by atomic mass is 9.93. The zero-order valence-corrected chi connectivity index (χ0v) is 17.0. The molecule has 0 aliphatic carbocycles. The minimum absolute atomic E-state index is 0.617. The van der Waals surface area contributed by atoms with Gasteiger partial charge >= 0.3 is 0 Å². The van der Waals surface area contributed by atoms with E-state index < -0.39 is 0 Å². The third kappa shape index (κ3) is 3.59. The fourth-order valence-corrected chi connectivity index (χ4v) is 4.00. The van der Waals surface area contributed by atoms with E-state index in [1.165, 1.54) is 0 Å². The third-order valence-electron chi connectivity index (χ3n) is 5.50. The van der Waals surface area contributed by atoms with Crippen LogP contribution in [0.25, 0.3) is 32.3 Å². The largest absolute Gasteiger partial charge is 0.298 e. The van der Waals surface area contributed by atoms with E-state index in [0.717, 1.165) is 57.5 Å². The smallest absolute Gasteiger partial charge is 0.151 e. The van der Waals surface area contributed by atoms with Gasteiger partial charge in [0.05, 0.1) is 0 Å². The van der Waals surface area contributed by atoms with E-state index in [4.69, 9.17) is 0 Å². The van der Waals surface area contributed by atoms with Crippen molar-refractivity contribution in [3.63, 3.8) is 0 Å². The first-order valence-electron chi connectivity index (χ1n) is 9.99. The second-order valence-corrected chi connectivity index (χ2v) is 7.18. The summed E-state index contributed by atoms with van der Waals surface area (Å²) in [5, 5.41) is 4.96. The highest BCUT2D eigenvalue weighted by atomic mass is 16.1. The molecule has 5 aromatic rings.